The molecule has 0 spiro atoms. The van der Waals surface area contributed by atoms with Gasteiger partial charge in [-0.2, -0.15) is 0 Å². The number of carboxylic acids is 1. The van der Waals surface area contributed by atoms with Crippen molar-refractivity contribution in [2.24, 2.45) is 11.8 Å². The largest absolute Gasteiger partial charge is 0.481 e. The number of aryl methyl sites for hydroxylation is 2. The number of aromatic nitrogens is 1. The minimum absolute atomic E-state index is 0.218. The number of likely N-dealkylation sites (tertiary alicyclic amines) is 1. The van der Waals surface area contributed by atoms with Crippen molar-refractivity contribution in [1.82, 2.24) is 9.88 Å². The Balaban J connectivity index is 2.02. The van der Waals surface area contributed by atoms with Crippen LogP contribution in [0.2, 0.25) is 0 Å². The second-order valence-corrected chi connectivity index (χ2v) is 6.15. The van der Waals surface area contributed by atoms with Crippen LogP contribution >= 0.6 is 11.3 Å². The number of hydrogen-bond acceptors (Lipinski definition) is 4. The summed E-state index contributed by atoms with van der Waals surface area (Å²) in [4.78, 5) is 18.9. The lowest BCUT2D eigenvalue weighted by Gasteiger charge is -2.13. The zero-order chi connectivity index (χ0) is 12.6. The summed E-state index contributed by atoms with van der Waals surface area (Å²) < 4.78 is 0. The quantitative estimate of drug-likeness (QED) is 0.895. The molecule has 0 aliphatic carbocycles. The first-order chi connectivity index (χ1) is 7.97. The van der Waals surface area contributed by atoms with E-state index in [1.165, 1.54) is 4.88 Å². The summed E-state index contributed by atoms with van der Waals surface area (Å²) >= 11 is 1.71. The zero-order valence-electron chi connectivity index (χ0n) is 10.4. The van der Waals surface area contributed by atoms with Crippen LogP contribution in [-0.2, 0) is 11.3 Å². The van der Waals surface area contributed by atoms with Gasteiger partial charge in [-0.1, -0.05) is 6.92 Å². The zero-order valence-corrected chi connectivity index (χ0v) is 11.3. The van der Waals surface area contributed by atoms with E-state index in [2.05, 4.69) is 9.88 Å². The van der Waals surface area contributed by atoms with Crippen LogP contribution < -0.4 is 0 Å². The lowest BCUT2D eigenvalue weighted by molar-refractivity contribution is -0.142. The van der Waals surface area contributed by atoms with Gasteiger partial charge in [0.05, 0.1) is 16.6 Å². The van der Waals surface area contributed by atoms with Crippen LogP contribution in [0.4, 0.5) is 0 Å². The summed E-state index contributed by atoms with van der Waals surface area (Å²) in [7, 11) is 0. The molecule has 1 fully saturated rings. The van der Waals surface area contributed by atoms with Gasteiger partial charge in [-0.05, 0) is 19.8 Å². The Bertz CT molecular complexity index is 430. The van der Waals surface area contributed by atoms with Gasteiger partial charge in [-0.15, -0.1) is 11.3 Å². The van der Waals surface area contributed by atoms with Gasteiger partial charge in [0, 0.05) is 24.5 Å². The molecule has 4 nitrogen and oxygen atoms in total. The van der Waals surface area contributed by atoms with Crippen molar-refractivity contribution in [3.05, 3.63) is 15.6 Å². The molecule has 0 saturated carbocycles. The number of nitrogens with zero attached hydrogens (tertiary/aromatic N) is 2. The molecular weight excluding hydrogens is 236 g/mol. The Labute approximate surface area is 105 Å². The molecule has 0 radical (unpaired) electrons. The van der Waals surface area contributed by atoms with Crippen molar-refractivity contribution in [3.63, 3.8) is 0 Å². The predicted octanol–water partition coefficient (Wildman–Crippen LogP) is 1.91. The van der Waals surface area contributed by atoms with Crippen molar-refractivity contribution in [3.8, 4) is 0 Å². The topological polar surface area (TPSA) is 53.4 Å². The van der Waals surface area contributed by atoms with Crippen molar-refractivity contribution in [1.29, 1.82) is 0 Å². The molecule has 1 N–H and O–H groups in total. The molecule has 2 rings (SSSR count). The standard InChI is InChI=1S/C12H18N2O2S/c1-7-4-14(5-10(7)12(15)16)6-11-8(2)13-9(3)17-11/h7,10H,4-6H2,1-3H3,(H,15,16). The summed E-state index contributed by atoms with van der Waals surface area (Å²) in [5.74, 6) is -0.650. The maximum absolute atomic E-state index is 11.0. The Morgan fingerprint density at radius 3 is 2.71 bits per heavy atom. The highest BCUT2D eigenvalue weighted by Gasteiger charge is 2.34. The maximum atomic E-state index is 11.0. The first-order valence-electron chi connectivity index (χ1n) is 5.85. The number of carbonyl (C=O) groups is 1. The molecule has 2 heterocycles. The van der Waals surface area contributed by atoms with Crippen molar-refractivity contribution < 1.29 is 9.90 Å². The predicted molar refractivity (Wildman–Crippen MR) is 67.2 cm³/mol. The van der Waals surface area contributed by atoms with Crippen LogP contribution in [0.3, 0.4) is 0 Å². The summed E-state index contributed by atoms with van der Waals surface area (Å²) in [6, 6.07) is 0. The SMILES string of the molecule is Cc1nc(C)c(CN2CC(C)C(C(=O)O)C2)s1. The third-order valence-electron chi connectivity index (χ3n) is 3.37. The monoisotopic (exact) mass is 254 g/mol. The fourth-order valence-electron chi connectivity index (χ4n) is 2.44. The third kappa shape index (κ3) is 2.66. The molecule has 1 aromatic heterocycles. The number of carboxylic acid groups (broad SMARTS) is 1. The molecule has 0 amide bonds. The summed E-state index contributed by atoms with van der Waals surface area (Å²) in [5, 5.41) is 10.2. The highest BCUT2D eigenvalue weighted by atomic mass is 32.1. The van der Waals surface area contributed by atoms with Crippen molar-refractivity contribution in [2.75, 3.05) is 13.1 Å². The fourth-order valence-corrected chi connectivity index (χ4v) is 3.42. The third-order valence-corrected chi connectivity index (χ3v) is 4.43. The lowest BCUT2D eigenvalue weighted by Crippen LogP contribution is -2.23. The van der Waals surface area contributed by atoms with Gasteiger partial charge in [0.15, 0.2) is 0 Å². The molecule has 94 valence electrons. The molecule has 2 atom stereocenters. The molecule has 2 unspecified atom stereocenters. The molecule has 1 aliphatic rings. The van der Waals surface area contributed by atoms with Crippen LogP contribution in [0.5, 0.6) is 0 Å². The Morgan fingerprint density at radius 2 is 2.24 bits per heavy atom. The van der Waals surface area contributed by atoms with Crippen LogP contribution in [0.1, 0.15) is 22.5 Å². The van der Waals surface area contributed by atoms with Gasteiger partial charge in [0.1, 0.15) is 0 Å². The van der Waals surface area contributed by atoms with E-state index in [0.29, 0.717) is 6.54 Å². The minimum Gasteiger partial charge on any atom is -0.481 e. The van der Waals surface area contributed by atoms with Gasteiger partial charge in [0.25, 0.3) is 0 Å². The second kappa shape index (κ2) is 4.74. The summed E-state index contributed by atoms with van der Waals surface area (Å²) in [6.45, 7) is 8.41. The Morgan fingerprint density at radius 1 is 1.53 bits per heavy atom. The number of aliphatic carboxylic acids is 1. The number of hydrogen-bond donors (Lipinski definition) is 1. The average molecular weight is 254 g/mol. The first-order valence-corrected chi connectivity index (χ1v) is 6.67. The second-order valence-electron chi connectivity index (χ2n) is 4.86. The van der Waals surface area contributed by atoms with Crippen molar-refractivity contribution >= 4 is 17.3 Å². The van der Waals surface area contributed by atoms with E-state index in [-0.39, 0.29) is 11.8 Å². The van der Waals surface area contributed by atoms with Crippen LogP contribution in [0.25, 0.3) is 0 Å². The molecule has 5 heteroatoms. The lowest BCUT2D eigenvalue weighted by atomic mass is 9.99. The van der Waals surface area contributed by atoms with Crippen molar-refractivity contribution in [2.45, 2.75) is 27.3 Å². The van der Waals surface area contributed by atoms with Crippen LogP contribution in [0, 0.1) is 25.7 Å². The van der Waals surface area contributed by atoms with E-state index in [4.69, 9.17) is 5.11 Å². The summed E-state index contributed by atoms with van der Waals surface area (Å²) in [6.07, 6.45) is 0. The minimum atomic E-state index is -0.669. The molecule has 0 bridgehead atoms. The van der Waals surface area contributed by atoms with Gasteiger partial charge in [0.2, 0.25) is 0 Å². The maximum Gasteiger partial charge on any atom is 0.308 e. The van der Waals surface area contributed by atoms with E-state index in [1.807, 2.05) is 20.8 Å². The van der Waals surface area contributed by atoms with Gasteiger partial charge >= 0.3 is 5.97 Å². The molecule has 1 aromatic rings. The number of thiazole rings is 1. The van der Waals surface area contributed by atoms with E-state index in [0.717, 1.165) is 23.8 Å². The first kappa shape index (κ1) is 12.5. The van der Waals surface area contributed by atoms with E-state index in [1.54, 1.807) is 11.3 Å². The molecular formula is C12H18N2O2S. The molecule has 17 heavy (non-hydrogen) atoms. The van der Waals surface area contributed by atoms with Gasteiger partial charge < -0.3 is 5.11 Å². The van der Waals surface area contributed by atoms with E-state index in [9.17, 15) is 4.79 Å². The molecule has 1 aliphatic heterocycles. The van der Waals surface area contributed by atoms with E-state index < -0.39 is 5.97 Å². The molecule has 0 aromatic carbocycles. The fraction of sp³-hybridized carbons (Fsp3) is 0.667. The summed E-state index contributed by atoms with van der Waals surface area (Å²) in [5.41, 5.74) is 1.08. The highest BCUT2D eigenvalue weighted by molar-refractivity contribution is 7.11. The molecule has 1 saturated heterocycles. The van der Waals surface area contributed by atoms with Gasteiger partial charge in [-0.25, -0.2) is 4.98 Å². The Kier molecular flexibility index (Phi) is 3.49. The average Bonchev–Trinajstić information content (AvgIpc) is 2.71. The van der Waals surface area contributed by atoms with Gasteiger partial charge in [-0.3, -0.25) is 9.69 Å². The smallest absolute Gasteiger partial charge is 0.308 e. The van der Waals surface area contributed by atoms with E-state index >= 15 is 0 Å². The Hall–Kier alpha value is -0.940. The highest BCUT2D eigenvalue weighted by Crippen LogP contribution is 2.27. The normalized spacial score (nSPS) is 25.4. The van der Waals surface area contributed by atoms with Crippen LogP contribution in [-0.4, -0.2) is 34.0 Å². The van der Waals surface area contributed by atoms with Crippen LogP contribution in [0.15, 0.2) is 0 Å². The number of rotatable bonds is 3.